The summed E-state index contributed by atoms with van der Waals surface area (Å²) in [4.78, 5) is 19.4. The Hall–Kier alpha value is -1.18. The van der Waals surface area contributed by atoms with Crippen LogP contribution >= 0.6 is 11.3 Å². The zero-order chi connectivity index (χ0) is 12.3. The quantitative estimate of drug-likeness (QED) is 0.864. The summed E-state index contributed by atoms with van der Waals surface area (Å²) in [7, 11) is 0. The van der Waals surface area contributed by atoms with Gasteiger partial charge < -0.3 is 10.5 Å². The van der Waals surface area contributed by atoms with Gasteiger partial charge in [-0.25, -0.2) is 9.78 Å². The first-order valence-electron chi connectivity index (χ1n) is 5.50. The predicted molar refractivity (Wildman–Crippen MR) is 66.0 cm³/mol. The number of aromatic nitrogens is 1. The van der Waals surface area contributed by atoms with Crippen LogP contribution in [0.1, 0.15) is 6.92 Å². The van der Waals surface area contributed by atoms with Gasteiger partial charge in [0.25, 0.3) is 0 Å². The standard InChI is InChI=1S/C10H16N4O2S/c1-8(13-3-5-16-6-4-13)14(9(11)15)10-12-2-7-17-10/h2,7-8H,3-6H2,1H3,(H2,11,15). The van der Waals surface area contributed by atoms with Crippen LogP contribution in [0.5, 0.6) is 0 Å². The highest BCUT2D eigenvalue weighted by molar-refractivity contribution is 7.13. The Morgan fingerprint density at radius 3 is 2.88 bits per heavy atom. The van der Waals surface area contributed by atoms with E-state index in [0.717, 1.165) is 13.1 Å². The average Bonchev–Trinajstić information content (AvgIpc) is 2.83. The van der Waals surface area contributed by atoms with Crippen LogP contribution < -0.4 is 10.6 Å². The van der Waals surface area contributed by atoms with E-state index in [4.69, 9.17) is 10.5 Å². The molecule has 0 aliphatic carbocycles. The summed E-state index contributed by atoms with van der Waals surface area (Å²) < 4.78 is 5.29. The third-order valence-electron chi connectivity index (χ3n) is 2.81. The minimum Gasteiger partial charge on any atom is -0.379 e. The van der Waals surface area contributed by atoms with E-state index in [-0.39, 0.29) is 6.17 Å². The molecule has 1 unspecified atom stereocenters. The van der Waals surface area contributed by atoms with Gasteiger partial charge in [0, 0.05) is 24.7 Å². The average molecular weight is 256 g/mol. The maximum atomic E-state index is 11.5. The fourth-order valence-corrected chi connectivity index (χ4v) is 2.61. The first-order valence-corrected chi connectivity index (χ1v) is 6.38. The molecule has 2 N–H and O–H groups in total. The highest BCUT2D eigenvalue weighted by Crippen LogP contribution is 2.21. The number of morpholine rings is 1. The highest BCUT2D eigenvalue weighted by Gasteiger charge is 2.27. The van der Waals surface area contributed by atoms with Gasteiger partial charge in [0.1, 0.15) is 0 Å². The molecule has 6 nitrogen and oxygen atoms in total. The number of amides is 2. The van der Waals surface area contributed by atoms with Crippen LogP contribution in [0.4, 0.5) is 9.93 Å². The molecule has 94 valence electrons. The fourth-order valence-electron chi connectivity index (χ4n) is 1.89. The molecule has 0 spiro atoms. The van der Waals surface area contributed by atoms with Crippen molar-refractivity contribution in [3.05, 3.63) is 11.6 Å². The highest BCUT2D eigenvalue weighted by atomic mass is 32.1. The molecule has 2 heterocycles. The van der Waals surface area contributed by atoms with E-state index in [9.17, 15) is 4.79 Å². The lowest BCUT2D eigenvalue weighted by Crippen LogP contribution is -2.54. The number of primary amides is 1. The van der Waals surface area contributed by atoms with Gasteiger partial charge in [-0.2, -0.15) is 0 Å². The number of nitrogens with zero attached hydrogens (tertiary/aromatic N) is 3. The van der Waals surface area contributed by atoms with E-state index in [1.54, 1.807) is 6.20 Å². The van der Waals surface area contributed by atoms with Gasteiger partial charge in [0.15, 0.2) is 5.13 Å². The van der Waals surface area contributed by atoms with Crippen LogP contribution in [0.3, 0.4) is 0 Å². The van der Waals surface area contributed by atoms with Crippen LogP contribution in [-0.4, -0.2) is 48.4 Å². The van der Waals surface area contributed by atoms with Crippen LogP contribution in [-0.2, 0) is 4.74 Å². The molecule has 1 atom stereocenters. The number of hydrogen-bond acceptors (Lipinski definition) is 5. The molecular formula is C10H16N4O2S. The molecule has 1 aliphatic heterocycles. The number of hydrogen-bond donors (Lipinski definition) is 1. The van der Waals surface area contributed by atoms with Crippen LogP contribution in [0.2, 0.25) is 0 Å². The molecule has 1 fully saturated rings. The Bertz CT molecular complexity index is 364. The number of urea groups is 1. The number of carbonyl (C=O) groups excluding carboxylic acids is 1. The largest absolute Gasteiger partial charge is 0.379 e. The normalized spacial score (nSPS) is 18.9. The minimum absolute atomic E-state index is 0.0949. The monoisotopic (exact) mass is 256 g/mol. The van der Waals surface area contributed by atoms with Crippen molar-refractivity contribution in [1.82, 2.24) is 9.88 Å². The summed E-state index contributed by atoms with van der Waals surface area (Å²) in [6, 6.07) is -0.473. The smallest absolute Gasteiger partial charge is 0.322 e. The Morgan fingerprint density at radius 1 is 1.65 bits per heavy atom. The number of ether oxygens (including phenoxy) is 1. The van der Waals surface area contributed by atoms with E-state index in [1.165, 1.54) is 16.2 Å². The Balaban J connectivity index is 2.12. The van der Waals surface area contributed by atoms with Gasteiger partial charge >= 0.3 is 6.03 Å². The molecule has 0 bridgehead atoms. The van der Waals surface area contributed by atoms with Gasteiger partial charge in [-0.3, -0.25) is 9.80 Å². The van der Waals surface area contributed by atoms with Gasteiger partial charge in [-0.1, -0.05) is 0 Å². The van der Waals surface area contributed by atoms with Crippen molar-refractivity contribution in [3.8, 4) is 0 Å². The summed E-state index contributed by atoms with van der Waals surface area (Å²) in [5, 5.41) is 2.47. The maximum absolute atomic E-state index is 11.5. The van der Waals surface area contributed by atoms with Crippen molar-refractivity contribution in [1.29, 1.82) is 0 Å². The van der Waals surface area contributed by atoms with Crippen LogP contribution in [0.25, 0.3) is 0 Å². The molecule has 0 saturated carbocycles. The lowest BCUT2D eigenvalue weighted by atomic mass is 10.3. The van der Waals surface area contributed by atoms with E-state index < -0.39 is 6.03 Å². The molecule has 17 heavy (non-hydrogen) atoms. The van der Waals surface area contributed by atoms with Crippen molar-refractivity contribution < 1.29 is 9.53 Å². The molecule has 0 aromatic carbocycles. The number of nitrogens with two attached hydrogens (primary N) is 1. The zero-order valence-electron chi connectivity index (χ0n) is 9.70. The molecule has 1 aliphatic rings. The number of anilines is 1. The Labute approximate surface area is 104 Å². The Morgan fingerprint density at radius 2 is 2.35 bits per heavy atom. The molecule has 0 radical (unpaired) electrons. The van der Waals surface area contributed by atoms with E-state index >= 15 is 0 Å². The third kappa shape index (κ3) is 2.74. The Kier molecular flexibility index (Phi) is 3.93. The van der Waals surface area contributed by atoms with Crippen molar-refractivity contribution in [2.75, 3.05) is 31.2 Å². The summed E-state index contributed by atoms with van der Waals surface area (Å²) in [6.07, 6.45) is 1.57. The van der Waals surface area contributed by atoms with E-state index in [1.807, 2.05) is 12.3 Å². The molecule has 1 aromatic rings. The van der Waals surface area contributed by atoms with Gasteiger partial charge in [-0.05, 0) is 6.92 Å². The SMILES string of the molecule is CC(N1CCOCC1)N(C(N)=O)c1nccs1. The minimum atomic E-state index is -0.473. The van der Waals surface area contributed by atoms with Crippen molar-refractivity contribution in [2.24, 2.45) is 5.73 Å². The van der Waals surface area contributed by atoms with Crippen LogP contribution in [0, 0.1) is 0 Å². The summed E-state index contributed by atoms with van der Waals surface area (Å²) >= 11 is 1.41. The van der Waals surface area contributed by atoms with Crippen molar-refractivity contribution >= 4 is 22.5 Å². The van der Waals surface area contributed by atoms with Gasteiger partial charge in [-0.15, -0.1) is 11.3 Å². The lowest BCUT2D eigenvalue weighted by Gasteiger charge is -2.37. The maximum Gasteiger partial charge on any atom is 0.322 e. The van der Waals surface area contributed by atoms with Crippen molar-refractivity contribution in [2.45, 2.75) is 13.1 Å². The number of thiazole rings is 1. The number of rotatable bonds is 3. The predicted octanol–water partition coefficient (Wildman–Crippen LogP) is 0.706. The summed E-state index contributed by atoms with van der Waals surface area (Å²) in [6.45, 7) is 4.94. The first kappa shape index (κ1) is 12.3. The lowest BCUT2D eigenvalue weighted by molar-refractivity contribution is 0.0211. The first-order chi connectivity index (χ1) is 8.20. The molecule has 2 amide bonds. The molecule has 1 saturated heterocycles. The molecule has 2 rings (SSSR count). The molecular weight excluding hydrogens is 240 g/mol. The molecule has 1 aromatic heterocycles. The fraction of sp³-hybridized carbons (Fsp3) is 0.600. The number of carbonyl (C=O) groups is 1. The third-order valence-corrected chi connectivity index (χ3v) is 3.58. The molecule has 7 heteroatoms. The van der Waals surface area contributed by atoms with E-state index in [0.29, 0.717) is 18.3 Å². The second-order valence-electron chi connectivity index (χ2n) is 3.80. The zero-order valence-corrected chi connectivity index (χ0v) is 10.5. The van der Waals surface area contributed by atoms with E-state index in [2.05, 4.69) is 9.88 Å². The van der Waals surface area contributed by atoms with Crippen LogP contribution in [0.15, 0.2) is 11.6 Å². The summed E-state index contributed by atoms with van der Waals surface area (Å²) in [5.41, 5.74) is 5.43. The summed E-state index contributed by atoms with van der Waals surface area (Å²) in [5.74, 6) is 0. The topological polar surface area (TPSA) is 71.7 Å². The second kappa shape index (κ2) is 5.44. The van der Waals surface area contributed by atoms with Gasteiger partial charge in [0.2, 0.25) is 0 Å². The van der Waals surface area contributed by atoms with Gasteiger partial charge in [0.05, 0.1) is 19.4 Å². The van der Waals surface area contributed by atoms with Crippen molar-refractivity contribution in [3.63, 3.8) is 0 Å². The second-order valence-corrected chi connectivity index (χ2v) is 4.68.